The van der Waals surface area contributed by atoms with E-state index in [-0.39, 0.29) is 11.6 Å². The Balaban J connectivity index is 1.86. The van der Waals surface area contributed by atoms with Crippen molar-refractivity contribution in [1.29, 1.82) is 0 Å². The molecule has 4 aliphatic rings. The summed E-state index contributed by atoms with van der Waals surface area (Å²) >= 11 is 0. The molecule has 5 atom stereocenters. The second kappa shape index (κ2) is 2.87. The highest BCUT2D eigenvalue weighted by atomic mass is 16.6. The molecule has 0 heterocycles. The van der Waals surface area contributed by atoms with Crippen molar-refractivity contribution in [3.8, 4) is 0 Å². The van der Waals surface area contributed by atoms with Gasteiger partial charge in [0.2, 0.25) is 0 Å². The first-order valence-corrected chi connectivity index (χ1v) is 5.99. The Morgan fingerprint density at radius 2 is 2.20 bits per heavy atom. The van der Waals surface area contributed by atoms with Crippen LogP contribution in [0.5, 0.6) is 0 Å². The largest absolute Gasteiger partial charge is 0.456 e. The van der Waals surface area contributed by atoms with Gasteiger partial charge in [-0.1, -0.05) is 6.58 Å². The highest BCUT2D eigenvalue weighted by Crippen LogP contribution is 2.63. The van der Waals surface area contributed by atoms with Crippen molar-refractivity contribution >= 4 is 5.97 Å². The van der Waals surface area contributed by atoms with Gasteiger partial charge in [0.05, 0.1) is 0 Å². The molecular formula is C13H18O2. The highest BCUT2D eigenvalue weighted by molar-refractivity contribution is 5.81. The predicted octanol–water partition coefficient (Wildman–Crippen LogP) is 2.54. The van der Waals surface area contributed by atoms with E-state index in [2.05, 4.69) is 13.5 Å². The lowest BCUT2D eigenvalue weighted by Gasteiger charge is -2.40. The number of hydrogen-bond donors (Lipinski definition) is 0. The first-order chi connectivity index (χ1) is 7.13. The van der Waals surface area contributed by atoms with Crippen LogP contribution in [0.25, 0.3) is 0 Å². The van der Waals surface area contributed by atoms with Crippen molar-refractivity contribution in [3.05, 3.63) is 12.7 Å². The van der Waals surface area contributed by atoms with Crippen LogP contribution in [0.4, 0.5) is 0 Å². The zero-order valence-electron chi connectivity index (χ0n) is 9.24. The fourth-order valence-electron chi connectivity index (χ4n) is 4.45. The topological polar surface area (TPSA) is 26.3 Å². The highest BCUT2D eigenvalue weighted by Gasteiger charge is 2.62. The molecule has 0 aromatic rings. The second-order valence-electron chi connectivity index (χ2n) is 5.68. The summed E-state index contributed by atoms with van der Waals surface area (Å²) in [6.45, 7) is 5.63. The van der Waals surface area contributed by atoms with Crippen molar-refractivity contribution in [3.63, 3.8) is 0 Å². The molecule has 0 aromatic heterocycles. The lowest BCUT2D eigenvalue weighted by atomic mass is 9.73. The predicted molar refractivity (Wildman–Crippen MR) is 57.1 cm³/mol. The van der Waals surface area contributed by atoms with Crippen molar-refractivity contribution < 1.29 is 9.53 Å². The van der Waals surface area contributed by atoms with Crippen LogP contribution in [-0.2, 0) is 9.53 Å². The quantitative estimate of drug-likeness (QED) is 0.512. The summed E-state index contributed by atoms with van der Waals surface area (Å²) in [7, 11) is 0. The van der Waals surface area contributed by atoms with Crippen LogP contribution in [0.3, 0.4) is 0 Å². The average Bonchev–Trinajstić information content (AvgIpc) is 2.60. The van der Waals surface area contributed by atoms with Crippen molar-refractivity contribution in [2.45, 2.75) is 38.2 Å². The molecular weight excluding hydrogens is 188 g/mol. The Hall–Kier alpha value is -0.790. The van der Waals surface area contributed by atoms with Crippen molar-refractivity contribution in [2.24, 2.45) is 23.7 Å². The lowest BCUT2D eigenvalue weighted by Crippen LogP contribution is -2.44. The summed E-state index contributed by atoms with van der Waals surface area (Å²) in [6, 6.07) is 0. The third-order valence-electron chi connectivity index (χ3n) is 5.03. The summed E-state index contributed by atoms with van der Waals surface area (Å²) in [6.07, 6.45) is 6.50. The van der Waals surface area contributed by atoms with Gasteiger partial charge in [0.1, 0.15) is 5.60 Å². The monoisotopic (exact) mass is 206 g/mol. The molecule has 4 aliphatic carbocycles. The molecule has 2 heteroatoms. The van der Waals surface area contributed by atoms with Gasteiger partial charge in [-0.3, -0.25) is 0 Å². The van der Waals surface area contributed by atoms with E-state index in [1.54, 1.807) is 0 Å². The van der Waals surface area contributed by atoms with Crippen molar-refractivity contribution in [2.75, 3.05) is 0 Å². The van der Waals surface area contributed by atoms with Gasteiger partial charge in [0.25, 0.3) is 0 Å². The maximum absolute atomic E-state index is 11.4. The zero-order valence-corrected chi connectivity index (χ0v) is 9.24. The van der Waals surface area contributed by atoms with E-state index < -0.39 is 0 Å². The van der Waals surface area contributed by atoms with Crippen LogP contribution in [-0.4, -0.2) is 11.6 Å². The summed E-state index contributed by atoms with van der Waals surface area (Å²) < 4.78 is 5.66. The number of esters is 1. The van der Waals surface area contributed by atoms with Crippen LogP contribution in [0.15, 0.2) is 12.7 Å². The van der Waals surface area contributed by atoms with Gasteiger partial charge in [-0.15, -0.1) is 0 Å². The summed E-state index contributed by atoms with van der Waals surface area (Å²) in [4.78, 5) is 11.4. The molecule has 5 unspecified atom stereocenters. The number of carbonyl (C=O) groups is 1. The van der Waals surface area contributed by atoms with Gasteiger partial charge in [-0.25, -0.2) is 4.79 Å². The number of rotatable bonds is 2. The molecule has 0 saturated heterocycles. The Labute approximate surface area is 90.7 Å². The van der Waals surface area contributed by atoms with Crippen LogP contribution >= 0.6 is 0 Å². The molecule has 4 bridgehead atoms. The maximum atomic E-state index is 11.4. The van der Waals surface area contributed by atoms with E-state index in [0.29, 0.717) is 11.8 Å². The van der Waals surface area contributed by atoms with E-state index in [0.717, 1.165) is 11.8 Å². The van der Waals surface area contributed by atoms with E-state index in [4.69, 9.17) is 4.74 Å². The van der Waals surface area contributed by atoms with Gasteiger partial charge in [-0.2, -0.15) is 0 Å². The second-order valence-corrected chi connectivity index (χ2v) is 5.68. The average molecular weight is 206 g/mol. The minimum atomic E-state index is -0.242. The Bertz CT molecular complexity index is 318. The van der Waals surface area contributed by atoms with Crippen LogP contribution in [0.2, 0.25) is 0 Å². The van der Waals surface area contributed by atoms with Gasteiger partial charge < -0.3 is 4.74 Å². The zero-order chi connectivity index (χ0) is 10.6. The van der Waals surface area contributed by atoms with Crippen LogP contribution in [0.1, 0.15) is 32.6 Å². The SMILES string of the molecule is C=CC(=O)OC1(C)C2CC3CC(C2)C1C3. The molecule has 4 saturated carbocycles. The standard InChI is InChI=1S/C13H18O2/c1-3-12(14)15-13(2)10-5-8-4-9(7-10)11(13)6-8/h3,8-11H,1,4-7H2,2H3. The Morgan fingerprint density at radius 1 is 1.40 bits per heavy atom. The molecule has 0 spiro atoms. The van der Waals surface area contributed by atoms with E-state index in [1.807, 2.05) is 0 Å². The molecule has 0 amide bonds. The number of hydrogen-bond acceptors (Lipinski definition) is 2. The molecule has 0 aromatic carbocycles. The molecule has 82 valence electrons. The molecule has 15 heavy (non-hydrogen) atoms. The van der Waals surface area contributed by atoms with Gasteiger partial charge in [-0.05, 0) is 50.4 Å². The lowest BCUT2D eigenvalue weighted by molar-refractivity contribution is -0.164. The van der Waals surface area contributed by atoms with Crippen molar-refractivity contribution in [1.82, 2.24) is 0 Å². The third-order valence-corrected chi connectivity index (χ3v) is 5.03. The fourth-order valence-corrected chi connectivity index (χ4v) is 4.45. The Morgan fingerprint density at radius 3 is 2.87 bits per heavy atom. The Kier molecular flexibility index (Phi) is 1.80. The summed E-state index contributed by atoms with van der Waals surface area (Å²) in [5, 5.41) is 0. The molecule has 4 rings (SSSR count). The van der Waals surface area contributed by atoms with E-state index >= 15 is 0 Å². The van der Waals surface area contributed by atoms with Gasteiger partial charge in [0, 0.05) is 12.0 Å². The first-order valence-electron chi connectivity index (χ1n) is 5.99. The van der Waals surface area contributed by atoms with E-state index in [9.17, 15) is 4.79 Å². The number of carbonyl (C=O) groups excluding carboxylic acids is 1. The molecule has 0 radical (unpaired) electrons. The normalized spacial score (nSPS) is 50.7. The minimum absolute atomic E-state index is 0.178. The molecule has 0 aliphatic heterocycles. The van der Waals surface area contributed by atoms with E-state index in [1.165, 1.54) is 31.8 Å². The summed E-state index contributed by atoms with van der Waals surface area (Å²) in [5.41, 5.74) is -0.178. The van der Waals surface area contributed by atoms with Crippen LogP contribution < -0.4 is 0 Å². The smallest absolute Gasteiger partial charge is 0.330 e. The first kappa shape index (κ1) is 9.44. The number of ether oxygens (including phenoxy) is 1. The summed E-state index contributed by atoms with van der Waals surface area (Å²) in [5.74, 6) is 2.76. The fraction of sp³-hybridized carbons (Fsp3) is 0.769. The maximum Gasteiger partial charge on any atom is 0.330 e. The molecule has 0 N–H and O–H groups in total. The third kappa shape index (κ3) is 1.14. The van der Waals surface area contributed by atoms with Gasteiger partial charge >= 0.3 is 5.97 Å². The molecule has 4 fully saturated rings. The van der Waals surface area contributed by atoms with Gasteiger partial charge in [0.15, 0.2) is 0 Å². The minimum Gasteiger partial charge on any atom is -0.456 e. The van der Waals surface area contributed by atoms with Crippen LogP contribution in [0, 0.1) is 23.7 Å². The molecule has 2 nitrogen and oxygen atoms in total.